The first-order valence-corrected chi connectivity index (χ1v) is 10.6. The molecule has 0 rings (SSSR count). The van der Waals surface area contributed by atoms with Crippen LogP contribution in [0.25, 0.3) is 0 Å². The Morgan fingerprint density at radius 3 is 1.42 bits per heavy atom. The Morgan fingerprint density at radius 1 is 0.654 bits per heavy atom. The van der Waals surface area contributed by atoms with Crippen LogP contribution in [-0.2, 0) is 9.59 Å². The smallest absolute Gasteiger partial charge is 0.550 e. The molecule has 0 saturated carbocycles. The van der Waals surface area contributed by atoms with Crippen LogP contribution in [0.1, 0.15) is 116 Å². The van der Waals surface area contributed by atoms with E-state index in [1.54, 1.807) is 0 Å². The summed E-state index contributed by atoms with van der Waals surface area (Å²) in [6.07, 6.45) is 20.1. The molecule has 148 valence electrons. The molecule has 0 aliphatic carbocycles. The Kier molecular flexibility index (Phi) is 24.1. The average Bonchev–Trinajstić information content (AvgIpc) is 2.58. The molecule has 0 saturated heterocycles. The van der Waals surface area contributed by atoms with E-state index in [0.29, 0.717) is 6.42 Å². The van der Waals surface area contributed by atoms with Crippen molar-refractivity contribution in [3.63, 3.8) is 0 Å². The molecule has 0 fully saturated rings. The Bertz CT molecular complexity index is 324. The van der Waals surface area contributed by atoms with Gasteiger partial charge in [0.15, 0.2) is 0 Å². The summed E-state index contributed by atoms with van der Waals surface area (Å²) in [4.78, 5) is 21.7. The van der Waals surface area contributed by atoms with Crippen LogP contribution in [0.3, 0.4) is 0 Å². The minimum atomic E-state index is -1.12. The second-order valence-electron chi connectivity index (χ2n) is 7.17. The van der Waals surface area contributed by atoms with Crippen molar-refractivity contribution in [1.29, 1.82) is 0 Å². The maximum Gasteiger partial charge on any atom is 1.00 e. The molecule has 0 radical (unpaired) electrons. The second-order valence-corrected chi connectivity index (χ2v) is 7.17. The number of amides is 1. The molecule has 0 heterocycles. The largest absolute Gasteiger partial charge is 1.00 e. The van der Waals surface area contributed by atoms with Gasteiger partial charge in [0.05, 0.1) is 0 Å². The van der Waals surface area contributed by atoms with E-state index < -0.39 is 5.97 Å². The zero-order valence-electron chi connectivity index (χ0n) is 17.5. The van der Waals surface area contributed by atoms with Crippen molar-refractivity contribution in [3.05, 3.63) is 0 Å². The molecule has 0 aromatic carbocycles. The van der Waals surface area contributed by atoms with Gasteiger partial charge >= 0.3 is 18.9 Å². The molecule has 0 aliphatic heterocycles. The molecule has 0 aromatic heterocycles. The van der Waals surface area contributed by atoms with E-state index >= 15 is 0 Å². The van der Waals surface area contributed by atoms with Crippen LogP contribution in [0.15, 0.2) is 0 Å². The fourth-order valence-corrected chi connectivity index (χ4v) is 3.05. The molecule has 0 bridgehead atoms. The zero-order chi connectivity index (χ0) is 18.6. The maximum atomic E-state index is 11.4. The topological polar surface area (TPSA) is 69.2 Å². The summed E-state index contributed by atoms with van der Waals surface area (Å²) in [7, 11) is 0. The van der Waals surface area contributed by atoms with Gasteiger partial charge in [-0.25, -0.2) is 0 Å². The van der Waals surface area contributed by atoms with E-state index in [1.807, 2.05) is 0 Å². The standard InChI is InChI=1S/C21H41NO3.Li/c1-2-3-4-5-6-7-8-9-10-11-12-13-14-15-16-17-20(23)22-19-18-21(24)25;/h2-19H2,1H3,(H,22,23)(H,24,25);/q;+1/p-1. The van der Waals surface area contributed by atoms with Gasteiger partial charge in [-0.3, -0.25) is 4.79 Å². The number of rotatable bonds is 19. The first kappa shape index (κ1) is 27.8. The van der Waals surface area contributed by atoms with Gasteiger partial charge in [-0.1, -0.05) is 96.8 Å². The molecule has 0 atom stereocenters. The number of nitrogens with one attached hydrogen (secondary N) is 1. The molecule has 0 spiro atoms. The number of carbonyl (C=O) groups is 2. The SMILES string of the molecule is CCCCCCCCCCCCCCCCCC(=O)NCCC(=O)[O-].[Li+]. The Morgan fingerprint density at radius 2 is 1.04 bits per heavy atom. The Hall–Kier alpha value is -0.463. The van der Waals surface area contributed by atoms with Crippen molar-refractivity contribution in [2.24, 2.45) is 0 Å². The summed E-state index contributed by atoms with van der Waals surface area (Å²) >= 11 is 0. The first-order chi connectivity index (χ1) is 12.2. The van der Waals surface area contributed by atoms with E-state index in [-0.39, 0.29) is 37.7 Å². The van der Waals surface area contributed by atoms with Crippen LogP contribution in [-0.4, -0.2) is 18.4 Å². The van der Waals surface area contributed by atoms with Crippen LogP contribution in [0.4, 0.5) is 0 Å². The van der Waals surface area contributed by atoms with Crippen LogP contribution in [0, 0.1) is 0 Å². The Balaban J connectivity index is 0. The molecular formula is C21H40LiNO3. The molecule has 0 unspecified atom stereocenters. The third kappa shape index (κ3) is 23.5. The first-order valence-electron chi connectivity index (χ1n) is 10.6. The molecule has 26 heavy (non-hydrogen) atoms. The average molecular weight is 361 g/mol. The zero-order valence-corrected chi connectivity index (χ0v) is 17.5. The van der Waals surface area contributed by atoms with E-state index in [4.69, 9.17) is 0 Å². The van der Waals surface area contributed by atoms with Gasteiger partial charge in [0.2, 0.25) is 5.91 Å². The number of carboxylic acids is 1. The Labute approximate surface area is 173 Å². The molecule has 0 aromatic rings. The number of hydrogen-bond donors (Lipinski definition) is 1. The quantitative estimate of drug-likeness (QED) is 0.280. The maximum absolute atomic E-state index is 11.4. The summed E-state index contributed by atoms with van der Waals surface area (Å²) < 4.78 is 0. The summed E-state index contributed by atoms with van der Waals surface area (Å²) in [6.45, 7) is 2.44. The number of unbranched alkanes of at least 4 members (excludes halogenated alkanes) is 14. The van der Waals surface area contributed by atoms with Crippen molar-refractivity contribution in [3.8, 4) is 0 Å². The van der Waals surface area contributed by atoms with E-state index in [9.17, 15) is 14.7 Å². The van der Waals surface area contributed by atoms with E-state index in [1.165, 1.54) is 83.5 Å². The van der Waals surface area contributed by atoms with Gasteiger partial charge in [-0.2, -0.15) is 0 Å². The number of carbonyl (C=O) groups excluding carboxylic acids is 2. The summed E-state index contributed by atoms with van der Waals surface area (Å²) in [5.41, 5.74) is 0. The second kappa shape index (κ2) is 22.6. The molecule has 0 aliphatic rings. The van der Waals surface area contributed by atoms with Gasteiger partial charge in [0, 0.05) is 25.4 Å². The molecule has 1 amide bonds. The predicted molar refractivity (Wildman–Crippen MR) is 102 cm³/mol. The summed E-state index contributed by atoms with van der Waals surface area (Å²) in [6, 6.07) is 0. The van der Waals surface area contributed by atoms with Crippen LogP contribution in [0.5, 0.6) is 0 Å². The summed E-state index contributed by atoms with van der Waals surface area (Å²) in [5.74, 6) is -1.16. The van der Waals surface area contributed by atoms with Crippen molar-refractivity contribution in [2.45, 2.75) is 116 Å². The third-order valence-corrected chi connectivity index (χ3v) is 4.66. The van der Waals surface area contributed by atoms with Gasteiger partial charge in [0.1, 0.15) is 0 Å². The van der Waals surface area contributed by atoms with Gasteiger partial charge in [-0.15, -0.1) is 0 Å². The number of aliphatic carboxylic acids is 1. The monoisotopic (exact) mass is 361 g/mol. The van der Waals surface area contributed by atoms with Gasteiger partial charge in [-0.05, 0) is 6.42 Å². The summed E-state index contributed by atoms with van der Waals surface area (Å²) in [5, 5.41) is 12.8. The minimum Gasteiger partial charge on any atom is -0.550 e. The third-order valence-electron chi connectivity index (χ3n) is 4.66. The normalized spacial score (nSPS) is 10.3. The van der Waals surface area contributed by atoms with Crippen molar-refractivity contribution < 1.29 is 33.6 Å². The number of hydrogen-bond acceptors (Lipinski definition) is 3. The van der Waals surface area contributed by atoms with Crippen molar-refractivity contribution >= 4 is 11.9 Å². The molecule has 5 heteroatoms. The number of carboxylic acid groups (broad SMARTS) is 1. The minimum absolute atomic E-state index is 0. The fraction of sp³-hybridized carbons (Fsp3) is 0.905. The van der Waals surface area contributed by atoms with Crippen molar-refractivity contribution in [2.75, 3.05) is 6.54 Å². The van der Waals surface area contributed by atoms with Crippen molar-refractivity contribution in [1.82, 2.24) is 5.32 Å². The van der Waals surface area contributed by atoms with Gasteiger partial charge < -0.3 is 15.2 Å². The predicted octanol–water partition coefficient (Wildman–Crippen LogP) is 1.51. The fourth-order valence-electron chi connectivity index (χ4n) is 3.05. The van der Waals surface area contributed by atoms with E-state index in [0.717, 1.165) is 12.8 Å². The molecular weight excluding hydrogens is 321 g/mol. The van der Waals surface area contributed by atoms with Crippen LogP contribution >= 0.6 is 0 Å². The molecule has 1 N–H and O–H groups in total. The van der Waals surface area contributed by atoms with Gasteiger partial charge in [0.25, 0.3) is 0 Å². The molecule has 4 nitrogen and oxygen atoms in total. The van der Waals surface area contributed by atoms with Crippen LogP contribution in [0.2, 0.25) is 0 Å². The van der Waals surface area contributed by atoms with E-state index in [2.05, 4.69) is 12.2 Å². The van der Waals surface area contributed by atoms with Crippen LogP contribution < -0.4 is 29.3 Å².